The molecule has 1 aromatic carbocycles. The number of rotatable bonds is 3. The first-order valence-electron chi connectivity index (χ1n) is 8.41. The molecule has 0 amide bonds. The van der Waals surface area contributed by atoms with Gasteiger partial charge in [-0.1, -0.05) is 11.6 Å². The second-order valence-electron chi connectivity index (χ2n) is 6.61. The highest BCUT2D eigenvalue weighted by atomic mass is 35.5. The Morgan fingerprint density at radius 3 is 2.86 bits per heavy atom. The monoisotopic (exact) mass is 321 g/mol. The second kappa shape index (κ2) is 6.36. The number of benzene rings is 1. The standard InChI is InChI=1S/C17H24ClN3O/c18-15-9-13-2-8-22-17(13)14(10-15)12-20-4-6-21(7-5-20)16-1-3-19-11-16/h9-10,16,19H,1-8,11-12H2. The molecule has 3 aliphatic rings. The van der Waals surface area contributed by atoms with Crippen molar-refractivity contribution in [1.82, 2.24) is 15.1 Å². The van der Waals surface area contributed by atoms with Gasteiger partial charge < -0.3 is 10.1 Å². The van der Waals surface area contributed by atoms with E-state index in [9.17, 15) is 0 Å². The van der Waals surface area contributed by atoms with Crippen LogP contribution in [0.4, 0.5) is 0 Å². The Hall–Kier alpha value is -0.810. The Balaban J connectivity index is 1.39. The summed E-state index contributed by atoms with van der Waals surface area (Å²) in [4.78, 5) is 5.18. The highest BCUT2D eigenvalue weighted by Gasteiger charge is 2.27. The van der Waals surface area contributed by atoms with Crippen LogP contribution in [-0.4, -0.2) is 61.7 Å². The SMILES string of the molecule is Clc1cc2c(c(CN3CCN(C4CCNC4)CC3)c1)OCC2. The fourth-order valence-corrected chi connectivity index (χ4v) is 4.21. The summed E-state index contributed by atoms with van der Waals surface area (Å²) >= 11 is 6.27. The molecule has 0 bridgehead atoms. The van der Waals surface area contributed by atoms with E-state index in [2.05, 4.69) is 27.2 Å². The van der Waals surface area contributed by atoms with Gasteiger partial charge in [0.15, 0.2) is 0 Å². The molecule has 4 rings (SSSR count). The van der Waals surface area contributed by atoms with Crippen molar-refractivity contribution >= 4 is 11.6 Å². The molecule has 0 radical (unpaired) electrons. The van der Waals surface area contributed by atoms with E-state index < -0.39 is 0 Å². The smallest absolute Gasteiger partial charge is 0.127 e. The van der Waals surface area contributed by atoms with Gasteiger partial charge >= 0.3 is 0 Å². The number of ether oxygens (including phenoxy) is 1. The predicted molar refractivity (Wildman–Crippen MR) is 88.8 cm³/mol. The minimum Gasteiger partial charge on any atom is -0.493 e. The number of piperazine rings is 1. The topological polar surface area (TPSA) is 27.7 Å². The van der Waals surface area contributed by atoms with Crippen molar-refractivity contribution in [3.05, 3.63) is 28.3 Å². The van der Waals surface area contributed by atoms with Gasteiger partial charge in [0.1, 0.15) is 5.75 Å². The van der Waals surface area contributed by atoms with Crippen LogP contribution in [0.25, 0.3) is 0 Å². The zero-order valence-corrected chi connectivity index (χ0v) is 13.7. The van der Waals surface area contributed by atoms with Crippen molar-refractivity contribution in [2.75, 3.05) is 45.9 Å². The highest BCUT2D eigenvalue weighted by Crippen LogP contribution is 2.33. The summed E-state index contributed by atoms with van der Waals surface area (Å²) in [7, 11) is 0. The number of hydrogen-bond donors (Lipinski definition) is 1. The Morgan fingerprint density at radius 1 is 1.23 bits per heavy atom. The Labute approximate surface area is 137 Å². The second-order valence-corrected chi connectivity index (χ2v) is 7.05. The van der Waals surface area contributed by atoms with Crippen molar-refractivity contribution in [2.24, 2.45) is 0 Å². The van der Waals surface area contributed by atoms with E-state index in [0.29, 0.717) is 0 Å². The minimum atomic E-state index is 0.751. The molecule has 3 aliphatic heterocycles. The van der Waals surface area contributed by atoms with Gasteiger partial charge in [-0.25, -0.2) is 0 Å². The first kappa shape index (κ1) is 14.8. The first-order chi connectivity index (χ1) is 10.8. The highest BCUT2D eigenvalue weighted by molar-refractivity contribution is 6.30. The molecule has 0 spiro atoms. The molecular formula is C17H24ClN3O. The molecule has 1 aromatic rings. The van der Waals surface area contributed by atoms with E-state index >= 15 is 0 Å². The number of halogens is 1. The third-order valence-electron chi connectivity index (χ3n) is 5.18. The molecule has 0 aromatic heterocycles. The van der Waals surface area contributed by atoms with Crippen molar-refractivity contribution in [1.29, 1.82) is 0 Å². The summed E-state index contributed by atoms with van der Waals surface area (Å²) in [5.74, 6) is 1.09. The van der Waals surface area contributed by atoms with E-state index in [1.165, 1.54) is 37.2 Å². The molecule has 120 valence electrons. The van der Waals surface area contributed by atoms with E-state index in [-0.39, 0.29) is 0 Å². The van der Waals surface area contributed by atoms with Crippen LogP contribution >= 0.6 is 11.6 Å². The molecule has 2 saturated heterocycles. The van der Waals surface area contributed by atoms with Crippen LogP contribution in [0.1, 0.15) is 17.5 Å². The van der Waals surface area contributed by atoms with Gasteiger partial charge in [0.05, 0.1) is 6.61 Å². The van der Waals surface area contributed by atoms with Crippen LogP contribution in [0.3, 0.4) is 0 Å². The zero-order valence-electron chi connectivity index (χ0n) is 13.0. The summed E-state index contributed by atoms with van der Waals surface area (Å²) in [5, 5.41) is 4.31. The maximum absolute atomic E-state index is 6.27. The third kappa shape index (κ3) is 2.98. The molecule has 1 atom stereocenters. The molecule has 2 fully saturated rings. The maximum atomic E-state index is 6.27. The average molecular weight is 322 g/mol. The molecule has 3 heterocycles. The zero-order chi connectivity index (χ0) is 14.9. The molecule has 0 saturated carbocycles. The predicted octanol–water partition coefficient (Wildman–Crippen LogP) is 1.75. The molecule has 5 heteroatoms. The normalized spacial score (nSPS) is 26.1. The number of hydrogen-bond acceptors (Lipinski definition) is 4. The Kier molecular flexibility index (Phi) is 4.27. The largest absolute Gasteiger partial charge is 0.493 e. The Bertz CT molecular complexity index is 537. The van der Waals surface area contributed by atoms with Gasteiger partial charge in [0, 0.05) is 62.3 Å². The van der Waals surface area contributed by atoms with Crippen LogP contribution in [0.2, 0.25) is 5.02 Å². The van der Waals surface area contributed by atoms with Crippen molar-refractivity contribution < 1.29 is 4.74 Å². The number of nitrogens with one attached hydrogen (secondary N) is 1. The van der Waals surface area contributed by atoms with Crippen molar-refractivity contribution in [2.45, 2.75) is 25.4 Å². The van der Waals surface area contributed by atoms with E-state index in [0.717, 1.165) is 56.0 Å². The van der Waals surface area contributed by atoms with Crippen LogP contribution in [-0.2, 0) is 13.0 Å². The number of nitrogens with zero attached hydrogens (tertiary/aromatic N) is 2. The van der Waals surface area contributed by atoms with Crippen LogP contribution in [0, 0.1) is 0 Å². The summed E-state index contributed by atoms with van der Waals surface area (Å²) in [6.45, 7) is 8.72. The quantitative estimate of drug-likeness (QED) is 0.918. The summed E-state index contributed by atoms with van der Waals surface area (Å²) in [6.07, 6.45) is 2.29. The average Bonchev–Trinajstić information content (AvgIpc) is 3.18. The molecular weight excluding hydrogens is 298 g/mol. The van der Waals surface area contributed by atoms with E-state index in [4.69, 9.17) is 16.3 Å². The van der Waals surface area contributed by atoms with Crippen molar-refractivity contribution in [3.63, 3.8) is 0 Å². The Morgan fingerprint density at radius 2 is 2.09 bits per heavy atom. The fourth-order valence-electron chi connectivity index (χ4n) is 3.94. The lowest BCUT2D eigenvalue weighted by atomic mass is 10.1. The summed E-state index contributed by atoms with van der Waals surface area (Å²) in [6, 6.07) is 4.89. The van der Waals surface area contributed by atoms with Crippen LogP contribution in [0.15, 0.2) is 12.1 Å². The maximum Gasteiger partial charge on any atom is 0.127 e. The van der Waals surface area contributed by atoms with Gasteiger partial charge in [-0.05, 0) is 30.7 Å². The number of fused-ring (bicyclic) bond motifs is 1. The van der Waals surface area contributed by atoms with Gasteiger partial charge in [-0.15, -0.1) is 0 Å². The lowest BCUT2D eigenvalue weighted by Crippen LogP contribution is -2.50. The van der Waals surface area contributed by atoms with E-state index in [1.54, 1.807) is 0 Å². The van der Waals surface area contributed by atoms with Gasteiger partial charge in [-0.2, -0.15) is 0 Å². The molecule has 0 aliphatic carbocycles. The third-order valence-corrected chi connectivity index (χ3v) is 5.40. The fraction of sp³-hybridized carbons (Fsp3) is 0.647. The molecule has 22 heavy (non-hydrogen) atoms. The first-order valence-corrected chi connectivity index (χ1v) is 8.78. The lowest BCUT2D eigenvalue weighted by Gasteiger charge is -2.38. The van der Waals surface area contributed by atoms with Crippen LogP contribution in [0.5, 0.6) is 5.75 Å². The minimum absolute atomic E-state index is 0.751. The van der Waals surface area contributed by atoms with Crippen LogP contribution < -0.4 is 10.1 Å². The summed E-state index contributed by atoms with van der Waals surface area (Å²) in [5.41, 5.74) is 2.54. The molecule has 1 N–H and O–H groups in total. The summed E-state index contributed by atoms with van der Waals surface area (Å²) < 4.78 is 5.82. The lowest BCUT2D eigenvalue weighted by molar-refractivity contribution is 0.0975. The van der Waals surface area contributed by atoms with Gasteiger partial charge in [0.25, 0.3) is 0 Å². The van der Waals surface area contributed by atoms with Gasteiger partial charge in [-0.3, -0.25) is 9.80 Å². The van der Waals surface area contributed by atoms with Gasteiger partial charge in [0.2, 0.25) is 0 Å². The van der Waals surface area contributed by atoms with E-state index in [1.807, 2.05) is 0 Å². The molecule has 1 unspecified atom stereocenters. The van der Waals surface area contributed by atoms with Crippen molar-refractivity contribution in [3.8, 4) is 5.75 Å². The molecule has 4 nitrogen and oxygen atoms in total.